The van der Waals surface area contributed by atoms with Crippen LogP contribution in [-0.2, 0) is 0 Å². The fourth-order valence-electron chi connectivity index (χ4n) is 7.72. The second-order valence-electron chi connectivity index (χ2n) is 12.3. The zero-order chi connectivity index (χ0) is 30.9. The third-order valence-electron chi connectivity index (χ3n) is 9.84. The molecule has 0 saturated heterocycles. The molecule has 0 aliphatic carbocycles. The summed E-state index contributed by atoms with van der Waals surface area (Å²) in [5.74, 6) is 0. The lowest BCUT2D eigenvalue weighted by Gasteiger charge is -2.19. The number of aromatic nitrogens is 2. The molecule has 0 aliphatic heterocycles. The molecule has 0 radical (unpaired) electrons. The minimum Gasteiger partial charge on any atom is -0.309 e. The van der Waals surface area contributed by atoms with E-state index < -0.39 is 0 Å². The van der Waals surface area contributed by atoms with Crippen molar-refractivity contribution in [1.82, 2.24) is 9.55 Å². The molecule has 0 N–H and O–H groups in total. The van der Waals surface area contributed by atoms with Gasteiger partial charge in [-0.25, -0.2) is 0 Å². The lowest BCUT2D eigenvalue weighted by molar-refractivity contribution is 1.18. The first-order valence-electron chi connectivity index (χ1n) is 16.1. The van der Waals surface area contributed by atoms with E-state index in [0.29, 0.717) is 0 Å². The van der Waals surface area contributed by atoms with Gasteiger partial charge in [-0.15, -0.1) is 0 Å². The first-order valence-corrected chi connectivity index (χ1v) is 16.1. The Hall–Kier alpha value is -6.25. The SMILES string of the molecule is c1ccc(-c2ccc(-c3ccc4ccc5c(-c6ccccc6-n6c7ccccc7c7ccccc76)ccc6ccc3c4c65)cc2)nc1. The first kappa shape index (κ1) is 26.0. The van der Waals surface area contributed by atoms with Crippen LogP contribution in [0.5, 0.6) is 0 Å². The summed E-state index contributed by atoms with van der Waals surface area (Å²) in [5, 5.41) is 10.3. The Morgan fingerprint density at radius 2 is 0.915 bits per heavy atom. The Balaban J connectivity index is 1.20. The molecule has 0 atom stereocenters. The van der Waals surface area contributed by atoms with E-state index in [2.05, 4.69) is 161 Å². The Bertz CT molecular complexity index is 2720. The van der Waals surface area contributed by atoms with E-state index in [4.69, 9.17) is 0 Å². The predicted molar refractivity (Wildman–Crippen MR) is 199 cm³/mol. The standard InChI is InChI=1S/C45H28N2/c1-4-13-41(47-42-14-5-2-10-36(42)37-11-3-6-15-43(37)47)35(9-1)34-25-21-32-22-26-38-33(24-20-31-23-27-39(34)45(32)44(31)38)29-16-18-30(19-17-29)40-12-7-8-28-46-40/h1-28H. The molecule has 10 aromatic rings. The van der Waals surface area contributed by atoms with E-state index in [-0.39, 0.29) is 0 Å². The molecule has 218 valence electrons. The minimum absolute atomic E-state index is 0.989. The monoisotopic (exact) mass is 596 g/mol. The molecule has 0 saturated carbocycles. The zero-order valence-electron chi connectivity index (χ0n) is 25.6. The number of hydrogen-bond donors (Lipinski definition) is 0. The van der Waals surface area contributed by atoms with Gasteiger partial charge >= 0.3 is 0 Å². The van der Waals surface area contributed by atoms with Gasteiger partial charge < -0.3 is 4.57 Å². The maximum absolute atomic E-state index is 4.54. The molecular formula is C45H28N2. The molecule has 0 bridgehead atoms. The van der Waals surface area contributed by atoms with Gasteiger partial charge in [0.1, 0.15) is 0 Å². The van der Waals surface area contributed by atoms with Gasteiger partial charge in [-0.3, -0.25) is 4.98 Å². The molecule has 0 fully saturated rings. The van der Waals surface area contributed by atoms with Crippen molar-refractivity contribution < 1.29 is 0 Å². The summed E-state index contributed by atoms with van der Waals surface area (Å²) in [6.45, 7) is 0. The van der Waals surface area contributed by atoms with Crippen molar-refractivity contribution in [3.8, 4) is 39.2 Å². The van der Waals surface area contributed by atoms with Crippen LogP contribution >= 0.6 is 0 Å². The van der Waals surface area contributed by atoms with Crippen molar-refractivity contribution in [2.75, 3.05) is 0 Å². The Morgan fingerprint density at radius 1 is 0.362 bits per heavy atom. The maximum atomic E-state index is 4.54. The second-order valence-corrected chi connectivity index (χ2v) is 12.3. The highest BCUT2D eigenvalue weighted by Gasteiger charge is 2.19. The summed E-state index contributed by atoms with van der Waals surface area (Å²) >= 11 is 0. The smallest absolute Gasteiger partial charge is 0.0701 e. The highest BCUT2D eigenvalue weighted by Crippen LogP contribution is 2.44. The summed E-state index contributed by atoms with van der Waals surface area (Å²) in [6, 6.07) is 59.6. The molecule has 0 amide bonds. The highest BCUT2D eigenvalue weighted by atomic mass is 15.0. The number of para-hydroxylation sites is 3. The van der Waals surface area contributed by atoms with Gasteiger partial charge in [-0.05, 0) is 79.3 Å². The second kappa shape index (κ2) is 10.1. The number of hydrogen-bond acceptors (Lipinski definition) is 1. The molecule has 10 rings (SSSR count). The molecule has 2 heterocycles. The van der Waals surface area contributed by atoms with Gasteiger partial charge in [0.05, 0.1) is 22.4 Å². The third-order valence-corrected chi connectivity index (χ3v) is 9.84. The summed E-state index contributed by atoms with van der Waals surface area (Å²) in [5.41, 5.74) is 10.7. The van der Waals surface area contributed by atoms with Crippen LogP contribution in [0.3, 0.4) is 0 Å². The van der Waals surface area contributed by atoms with E-state index >= 15 is 0 Å². The van der Waals surface area contributed by atoms with Crippen LogP contribution in [0, 0.1) is 0 Å². The van der Waals surface area contributed by atoms with E-state index in [1.54, 1.807) is 0 Å². The van der Waals surface area contributed by atoms with Crippen LogP contribution in [0.25, 0.3) is 93.3 Å². The van der Waals surface area contributed by atoms with Crippen molar-refractivity contribution in [3.05, 3.63) is 170 Å². The topological polar surface area (TPSA) is 17.8 Å². The van der Waals surface area contributed by atoms with Crippen LogP contribution < -0.4 is 0 Å². The van der Waals surface area contributed by atoms with Gasteiger partial charge in [0.15, 0.2) is 0 Å². The molecule has 2 heteroatoms. The normalized spacial score (nSPS) is 11.8. The summed E-state index contributed by atoms with van der Waals surface area (Å²) in [7, 11) is 0. The van der Waals surface area contributed by atoms with Gasteiger partial charge in [0.2, 0.25) is 0 Å². The Morgan fingerprint density at radius 3 is 1.60 bits per heavy atom. The number of pyridine rings is 1. The summed E-state index contributed by atoms with van der Waals surface area (Å²) < 4.78 is 2.44. The van der Waals surface area contributed by atoms with Crippen molar-refractivity contribution in [2.24, 2.45) is 0 Å². The molecular weight excluding hydrogens is 569 g/mol. The molecule has 2 nitrogen and oxygen atoms in total. The molecule has 8 aromatic carbocycles. The van der Waals surface area contributed by atoms with Gasteiger partial charge in [0, 0.05) is 28.1 Å². The Labute approximate surface area is 272 Å². The molecule has 2 aromatic heterocycles. The summed E-state index contributed by atoms with van der Waals surface area (Å²) in [4.78, 5) is 4.54. The van der Waals surface area contributed by atoms with Crippen molar-refractivity contribution in [3.63, 3.8) is 0 Å². The average Bonchev–Trinajstić information content (AvgIpc) is 3.48. The van der Waals surface area contributed by atoms with Crippen molar-refractivity contribution in [1.29, 1.82) is 0 Å². The van der Waals surface area contributed by atoms with Gasteiger partial charge in [-0.1, -0.05) is 133 Å². The van der Waals surface area contributed by atoms with E-state index in [1.165, 1.54) is 82.1 Å². The first-order chi connectivity index (χ1) is 23.3. The number of fused-ring (bicyclic) bond motifs is 3. The minimum atomic E-state index is 0.989. The third kappa shape index (κ3) is 3.89. The lowest BCUT2D eigenvalue weighted by atomic mass is 9.87. The van der Waals surface area contributed by atoms with E-state index in [1.807, 2.05) is 18.3 Å². The molecule has 47 heavy (non-hydrogen) atoms. The number of rotatable bonds is 4. The van der Waals surface area contributed by atoms with Crippen LogP contribution in [0.15, 0.2) is 170 Å². The fourth-order valence-corrected chi connectivity index (χ4v) is 7.72. The van der Waals surface area contributed by atoms with Crippen molar-refractivity contribution >= 4 is 54.1 Å². The maximum Gasteiger partial charge on any atom is 0.0701 e. The van der Waals surface area contributed by atoms with Gasteiger partial charge in [0.25, 0.3) is 0 Å². The zero-order valence-corrected chi connectivity index (χ0v) is 25.6. The van der Waals surface area contributed by atoms with Crippen LogP contribution in [0.4, 0.5) is 0 Å². The predicted octanol–water partition coefficient (Wildman–Crippen LogP) is 12.1. The van der Waals surface area contributed by atoms with Crippen LogP contribution in [0.2, 0.25) is 0 Å². The van der Waals surface area contributed by atoms with E-state index in [9.17, 15) is 0 Å². The quantitative estimate of drug-likeness (QED) is 0.185. The Kier molecular flexibility index (Phi) is 5.61. The molecule has 0 spiro atoms. The van der Waals surface area contributed by atoms with Gasteiger partial charge in [-0.2, -0.15) is 0 Å². The molecule has 0 unspecified atom stereocenters. The van der Waals surface area contributed by atoms with Crippen molar-refractivity contribution in [2.45, 2.75) is 0 Å². The fraction of sp³-hybridized carbons (Fsp3) is 0. The highest BCUT2D eigenvalue weighted by molar-refractivity contribution is 6.27. The number of nitrogens with zero attached hydrogens (tertiary/aromatic N) is 2. The van der Waals surface area contributed by atoms with E-state index in [0.717, 1.165) is 11.3 Å². The number of benzene rings is 8. The summed E-state index contributed by atoms with van der Waals surface area (Å²) in [6.07, 6.45) is 1.85. The molecule has 0 aliphatic rings. The van der Waals surface area contributed by atoms with Crippen LogP contribution in [-0.4, -0.2) is 9.55 Å². The average molecular weight is 597 g/mol. The lowest BCUT2D eigenvalue weighted by Crippen LogP contribution is -1.97. The van der Waals surface area contributed by atoms with Crippen LogP contribution in [0.1, 0.15) is 0 Å². The largest absolute Gasteiger partial charge is 0.309 e.